The molecule has 6 nitrogen and oxygen atoms in total. The highest BCUT2D eigenvalue weighted by Gasteiger charge is 2.27. The number of β-amino-alcohol motifs (C(OH)–C–C–N with tert-alkyl or cyclic N) is 1. The fourth-order valence-corrected chi connectivity index (χ4v) is 3.01. The Balaban J connectivity index is 1.44. The highest BCUT2D eigenvalue weighted by Crippen LogP contribution is 2.10. The smallest absolute Gasteiger partial charge is 0.237 e. The Labute approximate surface area is 136 Å². The van der Waals surface area contributed by atoms with Crippen LogP contribution in [-0.2, 0) is 22.6 Å². The Kier molecular flexibility index (Phi) is 5.61. The molecule has 2 aliphatic heterocycles. The van der Waals surface area contributed by atoms with Gasteiger partial charge >= 0.3 is 0 Å². The van der Waals surface area contributed by atoms with Crippen LogP contribution >= 0.6 is 0 Å². The van der Waals surface area contributed by atoms with Crippen LogP contribution in [0.3, 0.4) is 0 Å². The number of aliphatic hydroxyl groups is 1. The first-order valence-corrected chi connectivity index (χ1v) is 8.28. The van der Waals surface area contributed by atoms with Crippen molar-refractivity contribution in [3.63, 3.8) is 0 Å². The summed E-state index contributed by atoms with van der Waals surface area (Å²) in [5.74, 6) is -0.0426. The fourth-order valence-electron chi connectivity index (χ4n) is 3.01. The number of carbonyl (C=O) groups is 1. The second-order valence-electron chi connectivity index (χ2n) is 6.27. The minimum Gasteiger partial charge on any atom is -0.392 e. The Hall–Kier alpha value is -1.47. The Bertz CT molecular complexity index is 514. The predicted octanol–water partition coefficient (Wildman–Crippen LogP) is -0.142. The highest BCUT2D eigenvalue weighted by atomic mass is 16.5. The summed E-state index contributed by atoms with van der Waals surface area (Å²) >= 11 is 0. The van der Waals surface area contributed by atoms with Gasteiger partial charge in [-0.05, 0) is 17.5 Å². The van der Waals surface area contributed by atoms with E-state index in [2.05, 4.69) is 39.8 Å². The lowest BCUT2D eigenvalue weighted by Crippen LogP contribution is -2.40. The molecular formula is C17H25N3O3. The molecule has 6 heteroatoms. The number of nitrogens with one attached hydrogen (secondary N) is 2. The first kappa shape index (κ1) is 16.4. The van der Waals surface area contributed by atoms with E-state index < -0.39 is 6.10 Å². The van der Waals surface area contributed by atoms with E-state index >= 15 is 0 Å². The second-order valence-corrected chi connectivity index (χ2v) is 6.27. The van der Waals surface area contributed by atoms with Gasteiger partial charge in [0.15, 0.2) is 0 Å². The minimum atomic E-state index is -0.412. The number of hydrogen-bond acceptors (Lipinski definition) is 5. The number of aliphatic hydroxyl groups excluding tert-OH is 1. The molecule has 1 aromatic rings. The molecule has 0 radical (unpaired) electrons. The summed E-state index contributed by atoms with van der Waals surface area (Å²) in [6.07, 6.45) is 0.0786. The Morgan fingerprint density at radius 3 is 2.61 bits per heavy atom. The molecule has 1 aromatic carbocycles. The minimum absolute atomic E-state index is 0.0426. The van der Waals surface area contributed by atoms with Crippen LogP contribution in [0, 0.1) is 0 Å². The van der Waals surface area contributed by atoms with E-state index in [9.17, 15) is 9.90 Å². The SMILES string of the molecule is O=C(NCc1ccc(CN2CCOCC2)cc1)[C@@H]1C[C@H](O)CN1. The van der Waals surface area contributed by atoms with Gasteiger partial charge in [-0.15, -0.1) is 0 Å². The fraction of sp³-hybridized carbons (Fsp3) is 0.588. The molecule has 126 valence electrons. The van der Waals surface area contributed by atoms with Crippen molar-refractivity contribution in [3.8, 4) is 0 Å². The van der Waals surface area contributed by atoms with E-state index in [1.165, 1.54) is 5.56 Å². The summed E-state index contributed by atoms with van der Waals surface area (Å²) in [6.45, 7) is 5.55. The third-order valence-electron chi connectivity index (χ3n) is 4.42. The van der Waals surface area contributed by atoms with Crippen LogP contribution in [0.5, 0.6) is 0 Å². The zero-order valence-electron chi connectivity index (χ0n) is 13.3. The third kappa shape index (κ3) is 4.75. The van der Waals surface area contributed by atoms with Crippen LogP contribution in [0.4, 0.5) is 0 Å². The van der Waals surface area contributed by atoms with Crippen LogP contribution in [0.1, 0.15) is 17.5 Å². The number of nitrogens with zero attached hydrogens (tertiary/aromatic N) is 1. The lowest BCUT2D eigenvalue weighted by molar-refractivity contribution is -0.123. The van der Waals surface area contributed by atoms with Gasteiger partial charge in [-0.2, -0.15) is 0 Å². The first-order chi connectivity index (χ1) is 11.2. The molecule has 2 aliphatic rings. The largest absolute Gasteiger partial charge is 0.392 e. The highest BCUT2D eigenvalue weighted by molar-refractivity contribution is 5.82. The van der Waals surface area contributed by atoms with Gasteiger partial charge in [0.2, 0.25) is 5.91 Å². The number of ether oxygens (including phenoxy) is 1. The summed E-state index contributed by atoms with van der Waals surface area (Å²) in [4.78, 5) is 14.4. The lowest BCUT2D eigenvalue weighted by atomic mass is 10.1. The molecule has 23 heavy (non-hydrogen) atoms. The van der Waals surface area contributed by atoms with Gasteiger partial charge in [0.25, 0.3) is 0 Å². The zero-order chi connectivity index (χ0) is 16.1. The molecule has 0 aromatic heterocycles. The van der Waals surface area contributed by atoms with Crippen molar-refractivity contribution in [2.24, 2.45) is 0 Å². The molecule has 0 spiro atoms. The van der Waals surface area contributed by atoms with Gasteiger partial charge in [-0.1, -0.05) is 24.3 Å². The Morgan fingerprint density at radius 1 is 1.26 bits per heavy atom. The molecule has 0 unspecified atom stereocenters. The average Bonchev–Trinajstić information content (AvgIpc) is 3.01. The second kappa shape index (κ2) is 7.88. The normalized spacial score (nSPS) is 25.4. The van der Waals surface area contributed by atoms with Gasteiger partial charge in [0.1, 0.15) is 0 Å². The molecular weight excluding hydrogens is 294 g/mol. The number of hydrogen-bond donors (Lipinski definition) is 3. The number of morpholine rings is 1. The summed E-state index contributed by atoms with van der Waals surface area (Å²) in [5.41, 5.74) is 2.37. The van der Waals surface area contributed by atoms with Crippen LogP contribution in [0.25, 0.3) is 0 Å². The van der Waals surface area contributed by atoms with Gasteiger partial charge < -0.3 is 20.5 Å². The van der Waals surface area contributed by atoms with E-state index in [1.54, 1.807) is 0 Å². The standard InChI is InChI=1S/C17H25N3O3/c21-15-9-16(18-11-15)17(22)19-10-13-1-3-14(4-2-13)12-20-5-7-23-8-6-20/h1-4,15-16,18,21H,5-12H2,(H,19,22)/t15-,16-/m0/s1. The van der Waals surface area contributed by atoms with Crippen molar-refractivity contribution in [3.05, 3.63) is 35.4 Å². The van der Waals surface area contributed by atoms with Crippen molar-refractivity contribution >= 4 is 5.91 Å². The van der Waals surface area contributed by atoms with Crippen LogP contribution in [0.2, 0.25) is 0 Å². The van der Waals surface area contributed by atoms with Gasteiger partial charge in [-0.25, -0.2) is 0 Å². The molecule has 2 fully saturated rings. The van der Waals surface area contributed by atoms with Crippen molar-refractivity contribution in [1.29, 1.82) is 0 Å². The predicted molar refractivity (Wildman–Crippen MR) is 86.8 cm³/mol. The number of rotatable bonds is 5. The maximum atomic E-state index is 12.0. The molecule has 2 saturated heterocycles. The molecule has 3 N–H and O–H groups in total. The van der Waals surface area contributed by atoms with Crippen molar-refractivity contribution in [2.45, 2.75) is 31.7 Å². The summed E-state index contributed by atoms with van der Waals surface area (Å²) in [5, 5.41) is 15.4. The van der Waals surface area contributed by atoms with Crippen LogP contribution in [0.15, 0.2) is 24.3 Å². The quantitative estimate of drug-likeness (QED) is 0.704. The topological polar surface area (TPSA) is 73.8 Å². The molecule has 1 amide bonds. The average molecular weight is 319 g/mol. The summed E-state index contributed by atoms with van der Waals surface area (Å²) < 4.78 is 5.36. The van der Waals surface area contributed by atoms with E-state index in [0.29, 0.717) is 19.5 Å². The first-order valence-electron chi connectivity index (χ1n) is 8.28. The van der Waals surface area contributed by atoms with E-state index in [-0.39, 0.29) is 11.9 Å². The number of benzene rings is 1. The molecule has 0 bridgehead atoms. The third-order valence-corrected chi connectivity index (χ3v) is 4.42. The maximum absolute atomic E-state index is 12.0. The van der Waals surface area contributed by atoms with Crippen LogP contribution < -0.4 is 10.6 Å². The molecule has 0 aliphatic carbocycles. The molecule has 0 saturated carbocycles. The van der Waals surface area contributed by atoms with E-state index in [4.69, 9.17) is 4.74 Å². The molecule has 2 atom stereocenters. The summed E-state index contributed by atoms with van der Waals surface area (Å²) in [6, 6.07) is 8.09. The maximum Gasteiger partial charge on any atom is 0.237 e. The van der Waals surface area contributed by atoms with E-state index in [0.717, 1.165) is 38.4 Å². The number of amides is 1. The van der Waals surface area contributed by atoms with Crippen molar-refractivity contribution in [1.82, 2.24) is 15.5 Å². The van der Waals surface area contributed by atoms with E-state index in [1.807, 2.05) is 0 Å². The van der Waals surface area contributed by atoms with Gasteiger partial charge in [-0.3, -0.25) is 9.69 Å². The lowest BCUT2D eigenvalue weighted by Gasteiger charge is -2.26. The van der Waals surface area contributed by atoms with Crippen molar-refractivity contribution < 1.29 is 14.6 Å². The Morgan fingerprint density at radius 2 is 1.96 bits per heavy atom. The van der Waals surface area contributed by atoms with Crippen LogP contribution in [-0.4, -0.2) is 60.9 Å². The zero-order valence-corrected chi connectivity index (χ0v) is 13.3. The van der Waals surface area contributed by atoms with Crippen molar-refractivity contribution in [2.75, 3.05) is 32.8 Å². The van der Waals surface area contributed by atoms with Gasteiger partial charge in [0.05, 0.1) is 25.4 Å². The number of carbonyl (C=O) groups excluding carboxylic acids is 1. The monoisotopic (exact) mass is 319 g/mol. The molecule has 2 heterocycles. The van der Waals surface area contributed by atoms with Gasteiger partial charge in [0, 0.05) is 32.7 Å². The molecule has 3 rings (SSSR count). The summed E-state index contributed by atoms with van der Waals surface area (Å²) in [7, 11) is 0.